The van der Waals surface area contributed by atoms with E-state index >= 15 is 0 Å². The van der Waals surface area contributed by atoms with Crippen molar-refractivity contribution < 1.29 is 9.84 Å². The number of hydrogen-bond acceptors (Lipinski definition) is 5. The van der Waals surface area contributed by atoms with E-state index in [2.05, 4.69) is 4.98 Å². The number of aliphatic hydroxyl groups excluding tert-OH is 1. The lowest BCUT2D eigenvalue weighted by molar-refractivity contribution is 0.0695. The van der Waals surface area contributed by atoms with E-state index in [-0.39, 0.29) is 0 Å². The Bertz CT molecular complexity index is 320. The Morgan fingerprint density at radius 1 is 1.62 bits per heavy atom. The molecule has 5 heteroatoms. The van der Waals surface area contributed by atoms with Crippen LogP contribution in [0.4, 0.5) is 5.69 Å². The fourth-order valence-electron chi connectivity index (χ4n) is 1.59. The molecule has 3 N–H and O–H groups in total. The van der Waals surface area contributed by atoms with Crippen LogP contribution in [0.3, 0.4) is 0 Å². The molecule has 1 aromatic heterocycles. The molecule has 5 nitrogen and oxygen atoms in total. The minimum atomic E-state index is -0.513. The maximum atomic E-state index is 9.63. The molecule has 0 aliphatic rings. The maximum Gasteiger partial charge on any atom is 0.0947 e. The topological polar surface area (TPSA) is 71.6 Å². The highest BCUT2D eigenvalue weighted by molar-refractivity contribution is 5.49. The summed E-state index contributed by atoms with van der Waals surface area (Å²) in [5.74, 6) is 0. The van der Waals surface area contributed by atoms with E-state index in [0.29, 0.717) is 19.7 Å². The lowest BCUT2D eigenvalue weighted by Crippen LogP contribution is -2.32. The number of aliphatic hydroxyl groups is 1. The van der Waals surface area contributed by atoms with Gasteiger partial charge >= 0.3 is 0 Å². The Kier molecular flexibility index (Phi) is 5.18. The van der Waals surface area contributed by atoms with Gasteiger partial charge in [-0.2, -0.15) is 0 Å². The summed E-state index contributed by atoms with van der Waals surface area (Å²) < 4.78 is 4.88. The second-order valence-electron chi connectivity index (χ2n) is 3.66. The van der Waals surface area contributed by atoms with Crippen molar-refractivity contribution in [1.82, 2.24) is 4.98 Å². The fraction of sp³-hybridized carbons (Fsp3) is 0.545. The quantitative estimate of drug-likeness (QED) is 0.712. The average Bonchev–Trinajstić information content (AvgIpc) is 2.29. The first kappa shape index (κ1) is 12.9. The minimum absolute atomic E-state index is 0.322. The molecule has 1 unspecified atom stereocenters. The van der Waals surface area contributed by atoms with Gasteiger partial charge in [-0.15, -0.1) is 0 Å². The summed E-state index contributed by atoms with van der Waals surface area (Å²) in [5.41, 5.74) is 7.37. The van der Waals surface area contributed by atoms with Gasteiger partial charge in [-0.25, -0.2) is 0 Å². The third-order valence-corrected chi connectivity index (χ3v) is 2.31. The van der Waals surface area contributed by atoms with E-state index in [0.717, 1.165) is 11.4 Å². The number of methoxy groups -OCH3 is 1. The Hall–Kier alpha value is -1.17. The summed E-state index contributed by atoms with van der Waals surface area (Å²) in [5, 5.41) is 9.63. The lowest BCUT2D eigenvalue weighted by Gasteiger charge is -2.23. The van der Waals surface area contributed by atoms with Crippen molar-refractivity contribution in [3.05, 3.63) is 24.0 Å². The Balaban J connectivity index is 2.68. The van der Waals surface area contributed by atoms with Gasteiger partial charge in [0.1, 0.15) is 0 Å². The molecule has 1 heterocycles. The number of hydrogen-bond donors (Lipinski definition) is 2. The van der Waals surface area contributed by atoms with Crippen LogP contribution >= 0.6 is 0 Å². The summed E-state index contributed by atoms with van der Waals surface area (Å²) >= 11 is 0. The Labute approximate surface area is 95.8 Å². The smallest absolute Gasteiger partial charge is 0.0947 e. The summed E-state index contributed by atoms with van der Waals surface area (Å²) in [6.07, 6.45) is 1.20. The highest BCUT2D eigenvalue weighted by Crippen LogP contribution is 2.16. The number of rotatable bonds is 6. The van der Waals surface area contributed by atoms with Gasteiger partial charge in [-0.1, -0.05) is 0 Å². The molecule has 0 amide bonds. The largest absolute Gasteiger partial charge is 0.389 e. The zero-order valence-corrected chi connectivity index (χ0v) is 9.76. The molecule has 16 heavy (non-hydrogen) atoms. The van der Waals surface area contributed by atoms with E-state index in [1.165, 1.54) is 0 Å². The van der Waals surface area contributed by atoms with E-state index in [4.69, 9.17) is 10.5 Å². The molecule has 0 radical (unpaired) electrons. The summed E-state index contributed by atoms with van der Waals surface area (Å²) in [6, 6.07) is 3.79. The first-order chi connectivity index (χ1) is 7.69. The van der Waals surface area contributed by atoms with Gasteiger partial charge in [-0.3, -0.25) is 4.98 Å². The monoisotopic (exact) mass is 225 g/mol. The zero-order valence-electron chi connectivity index (χ0n) is 9.76. The molecule has 0 saturated heterocycles. The molecule has 0 saturated carbocycles. The minimum Gasteiger partial charge on any atom is -0.389 e. The standard InChI is InChI=1S/C11H19N3O2/c1-14(7-9(15)8-16-2)11-4-3-5-13-10(11)6-12/h3-5,9,15H,6-8,12H2,1-2H3. The molecule has 0 aliphatic heterocycles. The number of aromatic nitrogens is 1. The molecule has 0 aromatic carbocycles. The summed E-state index contributed by atoms with van der Waals surface area (Å²) in [6.45, 7) is 1.20. The molecule has 90 valence electrons. The predicted octanol–water partition coefficient (Wildman–Crippen LogP) is -0.0162. The fourth-order valence-corrected chi connectivity index (χ4v) is 1.59. The van der Waals surface area contributed by atoms with Crippen molar-refractivity contribution in [3.63, 3.8) is 0 Å². The van der Waals surface area contributed by atoms with Gasteiger partial charge in [0.2, 0.25) is 0 Å². The van der Waals surface area contributed by atoms with Crippen LogP contribution in [-0.2, 0) is 11.3 Å². The van der Waals surface area contributed by atoms with Crippen LogP contribution in [-0.4, -0.2) is 43.5 Å². The van der Waals surface area contributed by atoms with E-state index in [1.54, 1.807) is 13.3 Å². The average molecular weight is 225 g/mol. The molecule has 1 atom stereocenters. The van der Waals surface area contributed by atoms with Crippen molar-refractivity contribution in [3.8, 4) is 0 Å². The van der Waals surface area contributed by atoms with Crippen LogP contribution in [0, 0.1) is 0 Å². The normalized spacial score (nSPS) is 12.5. The Morgan fingerprint density at radius 2 is 2.38 bits per heavy atom. The maximum absolute atomic E-state index is 9.63. The van der Waals surface area contributed by atoms with Gasteiger partial charge in [-0.05, 0) is 12.1 Å². The van der Waals surface area contributed by atoms with E-state index in [1.807, 2.05) is 24.1 Å². The zero-order chi connectivity index (χ0) is 12.0. The van der Waals surface area contributed by atoms with Gasteiger partial charge in [0.15, 0.2) is 0 Å². The van der Waals surface area contributed by atoms with Gasteiger partial charge in [0.05, 0.1) is 24.1 Å². The number of likely N-dealkylation sites (N-methyl/N-ethyl adjacent to an activating group) is 1. The molecule has 1 aromatic rings. The van der Waals surface area contributed by atoms with Crippen molar-refractivity contribution in [2.24, 2.45) is 5.73 Å². The number of nitrogens with zero attached hydrogens (tertiary/aromatic N) is 2. The molecular weight excluding hydrogens is 206 g/mol. The SMILES string of the molecule is COCC(O)CN(C)c1cccnc1CN. The lowest BCUT2D eigenvalue weighted by atomic mass is 10.2. The number of anilines is 1. The second kappa shape index (κ2) is 6.42. The summed E-state index contributed by atoms with van der Waals surface area (Å²) in [7, 11) is 3.47. The van der Waals surface area contributed by atoms with Crippen molar-refractivity contribution in [1.29, 1.82) is 0 Å². The van der Waals surface area contributed by atoms with Crippen LogP contribution in [0.2, 0.25) is 0 Å². The predicted molar refractivity (Wildman–Crippen MR) is 63.3 cm³/mol. The molecule has 0 bridgehead atoms. The molecule has 0 fully saturated rings. The van der Waals surface area contributed by atoms with Gasteiger partial charge in [0.25, 0.3) is 0 Å². The first-order valence-corrected chi connectivity index (χ1v) is 5.21. The third-order valence-electron chi connectivity index (χ3n) is 2.31. The van der Waals surface area contributed by atoms with Gasteiger partial charge in [0, 0.05) is 33.4 Å². The van der Waals surface area contributed by atoms with Crippen LogP contribution in [0.1, 0.15) is 5.69 Å². The van der Waals surface area contributed by atoms with Crippen LogP contribution < -0.4 is 10.6 Å². The third kappa shape index (κ3) is 3.44. The van der Waals surface area contributed by atoms with E-state index < -0.39 is 6.10 Å². The number of nitrogens with two attached hydrogens (primary N) is 1. The second-order valence-corrected chi connectivity index (χ2v) is 3.66. The Morgan fingerprint density at radius 3 is 3.00 bits per heavy atom. The molecule has 1 rings (SSSR count). The van der Waals surface area contributed by atoms with Crippen LogP contribution in [0.25, 0.3) is 0 Å². The van der Waals surface area contributed by atoms with Crippen LogP contribution in [0.5, 0.6) is 0 Å². The molecular formula is C11H19N3O2. The highest BCUT2D eigenvalue weighted by atomic mass is 16.5. The summed E-state index contributed by atoms with van der Waals surface area (Å²) in [4.78, 5) is 6.12. The molecule has 0 aliphatic carbocycles. The van der Waals surface area contributed by atoms with Crippen LogP contribution in [0.15, 0.2) is 18.3 Å². The highest BCUT2D eigenvalue weighted by Gasteiger charge is 2.11. The van der Waals surface area contributed by atoms with Crippen molar-refractivity contribution in [2.45, 2.75) is 12.6 Å². The molecule has 0 spiro atoms. The van der Waals surface area contributed by atoms with Crippen molar-refractivity contribution >= 4 is 5.69 Å². The van der Waals surface area contributed by atoms with Crippen molar-refractivity contribution in [2.75, 3.05) is 32.2 Å². The number of ether oxygens (including phenoxy) is 1. The van der Waals surface area contributed by atoms with Gasteiger partial charge < -0.3 is 20.5 Å². The first-order valence-electron chi connectivity index (χ1n) is 5.21. The van der Waals surface area contributed by atoms with E-state index in [9.17, 15) is 5.11 Å². The number of pyridine rings is 1.